The van der Waals surface area contributed by atoms with Crippen LogP contribution >= 0.6 is 0 Å². The van der Waals surface area contributed by atoms with E-state index in [9.17, 15) is 9.59 Å². The second kappa shape index (κ2) is 9.23. The first kappa shape index (κ1) is 18.2. The van der Waals surface area contributed by atoms with E-state index in [1.54, 1.807) is 0 Å². The molecule has 2 heterocycles. The molecule has 2 aliphatic rings. The van der Waals surface area contributed by atoms with Crippen molar-refractivity contribution in [3.63, 3.8) is 0 Å². The van der Waals surface area contributed by atoms with Crippen molar-refractivity contribution in [1.29, 1.82) is 0 Å². The maximum Gasteiger partial charge on any atom is 0.236 e. The lowest BCUT2D eigenvalue weighted by Crippen LogP contribution is -2.49. The number of nitrogens with zero attached hydrogens (tertiary/aromatic N) is 2. The van der Waals surface area contributed by atoms with Crippen molar-refractivity contribution < 1.29 is 14.3 Å². The van der Waals surface area contributed by atoms with Gasteiger partial charge in [0.2, 0.25) is 11.8 Å². The molecule has 23 heavy (non-hydrogen) atoms. The Bertz CT molecular complexity index is 385. The molecule has 6 heteroatoms. The summed E-state index contributed by atoms with van der Waals surface area (Å²) in [6.07, 6.45) is 3.75. The van der Waals surface area contributed by atoms with Crippen LogP contribution in [0, 0.1) is 5.92 Å². The lowest BCUT2D eigenvalue weighted by molar-refractivity contribution is -0.133. The minimum absolute atomic E-state index is 0.0195. The van der Waals surface area contributed by atoms with Crippen LogP contribution in [0.4, 0.5) is 0 Å². The van der Waals surface area contributed by atoms with E-state index < -0.39 is 0 Å². The molecule has 1 atom stereocenters. The van der Waals surface area contributed by atoms with Gasteiger partial charge in [0, 0.05) is 38.8 Å². The van der Waals surface area contributed by atoms with E-state index in [0.717, 1.165) is 58.5 Å². The second-order valence-electron chi connectivity index (χ2n) is 6.54. The summed E-state index contributed by atoms with van der Waals surface area (Å²) in [6, 6.07) is 0.240. The van der Waals surface area contributed by atoms with E-state index in [4.69, 9.17) is 4.74 Å². The molecule has 2 aliphatic heterocycles. The Kier molecular flexibility index (Phi) is 7.30. The van der Waals surface area contributed by atoms with E-state index in [-0.39, 0.29) is 23.8 Å². The SMILES string of the molecule is CCN(CC)C(=O)CN1CCC(NC(=O)[C@@H]2CCCOC2)CC1. The summed E-state index contributed by atoms with van der Waals surface area (Å²) in [7, 11) is 0. The van der Waals surface area contributed by atoms with Gasteiger partial charge in [-0.05, 0) is 39.5 Å². The van der Waals surface area contributed by atoms with Crippen molar-refractivity contribution in [2.24, 2.45) is 5.92 Å². The Hall–Kier alpha value is -1.14. The van der Waals surface area contributed by atoms with Crippen LogP contribution < -0.4 is 5.32 Å². The van der Waals surface area contributed by atoms with Gasteiger partial charge in [0.15, 0.2) is 0 Å². The Balaban J connectivity index is 1.69. The molecule has 0 aromatic carbocycles. The first-order valence-corrected chi connectivity index (χ1v) is 9.02. The number of rotatable bonds is 6. The lowest BCUT2D eigenvalue weighted by Gasteiger charge is -2.34. The molecular formula is C17H31N3O3. The van der Waals surface area contributed by atoms with Gasteiger partial charge >= 0.3 is 0 Å². The number of nitrogens with one attached hydrogen (secondary N) is 1. The summed E-state index contributed by atoms with van der Waals surface area (Å²) in [5, 5.41) is 3.17. The predicted octanol–water partition coefficient (Wildman–Crippen LogP) is 0.862. The third-order valence-electron chi connectivity index (χ3n) is 4.94. The number of likely N-dealkylation sites (tertiary alicyclic amines) is 1. The summed E-state index contributed by atoms with van der Waals surface area (Å²) in [6.45, 7) is 9.15. The fraction of sp³-hybridized carbons (Fsp3) is 0.882. The van der Waals surface area contributed by atoms with Gasteiger partial charge in [-0.2, -0.15) is 0 Å². The predicted molar refractivity (Wildman–Crippen MR) is 89.1 cm³/mol. The standard InChI is InChI=1S/C17H31N3O3/c1-3-20(4-2)16(21)12-19-9-7-15(8-10-19)18-17(22)14-6-5-11-23-13-14/h14-15H,3-13H2,1-2H3,(H,18,22)/t14-/m1/s1. The van der Waals surface area contributed by atoms with E-state index in [2.05, 4.69) is 10.2 Å². The largest absolute Gasteiger partial charge is 0.381 e. The minimum Gasteiger partial charge on any atom is -0.381 e. The highest BCUT2D eigenvalue weighted by Crippen LogP contribution is 2.16. The van der Waals surface area contributed by atoms with Crippen LogP contribution in [0.15, 0.2) is 0 Å². The van der Waals surface area contributed by atoms with Crippen LogP contribution in [-0.4, -0.2) is 73.6 Å². The highest BCUT2D eigenvalue weighted by Gasteiger charge is 2.27. The van der Waals surface area contributed by atoms with Gasteiger partial charge in [-0.3, -0.25) is 14.5 Å². The van der Waals surface area contributed by atoms with Crippen molar-refractivity contribution in [3.8, 4) is 0 Å². The van der Waals surface area contributed by atoms with Gasteiger partial charge in [0.25, 0.3) is 0 Å². The van der Waals surface area contributed by atoms with Gasteiger partial charge in [0.05, 0.1) is 19.1 Å². The monoisotopic (exact) mass is 325 g/mol. The highest BCUT2D eigenvalue weighted by molar-refractivity contribution is 5.79. The Labute approximate surface area is 139 Å². The molecule has 0 aromatic rings. The van der Waals surface area contributed by atoms with Crippen LogP contribution in [0.2, 0.25) is 0 Å². The van der Waals surface area contributed by atoms with E-state index in [0.29, 0.717) is 13.2 Å². The molecular weight excluding hydrogens is 294 g/mol. The average molecular weight is 325 g/mol. The number of amides is 2. The third-order valence-corrected chi connectivity index (χ3v) is 4.94. The molecule has 0 saturated carbocycles. The van der Waals surface area contributed by atoms with Gasteiger partial charge in [-0.1, -0.05) is 0 Å². The zero-order valence-corrected chi connectivity index (χ0v) is 14.6. The normalized spacial score (nSPS) is 23.5. The summed E-state index contributed by atoms with van der Waals surface area (Å²) in [5.74, 6) is 0.366. The minimum atomic E-state index is 0.0195. The summed E-state index contributed by atoms with van der Waals surface area (Å²) in [5.41, 5.74) is 0. The first-order valence-electron chi connectivity index (χ1n) is 9.02. The van der Waals surface area contributed by atoms with Crippen LogP contribution in [-0.2, 0) is 14.3 Å². The van der Waals surface area contributed by atoms with Crippen molar-refractivity contribution in [2.45, 2.75) is 45.6 Å². The van der Waals surface area contributed by atoms with Gasteiger partial charge < -0.3 is 15.0 Å². The first-order chi connectivity index (χ1) is 11.1. The van der Waals surface area contributed by atoms with Crippen molar-refractivity contribution in [3.05, 3.63) is 0 Å². The highest BCUT2D eigenvalue weighted by atomic mass is 16.5. The van der Waals surface area contributed by atoms with Crippen molar-refractivity contribution >= 4 is 11.8 Å². The zero-order chi connectivity index (χ0) is 16.7. The fourth-order valence-corrected chi connectivity index (χ4v) is 3.37. The molecule has 0 radical (unpaired) electrons. The number of hydrogen-bond acceptors (Lipinski definition) is 4. The second-order valence-corrected chi connectivity index (χ2v) is 6.54. The van der Waals surface area contributed by atoms with E-state index in [1.807, 2.05) is 18.7 Å². The van der Waals surface area contributed by atoms with Crippen LogP contribution in [0.1, 0.15) is 39.5 Å². The smallest absolute Gasteiger partial charge is 0.236 e. The number of carbonyl (C=O) groups excluding carboxylic acids is 2. The molecule has 0 bridgehead atoms. The maximum atomic E-state index is 12.2. The molecule has 6 nitrogen and oxygen atoms in total. The topological polar surface area (TPSA) is 61.9 Å². The Morgan fingerprint density at radius 2 is 1.87 bits per heavy atom. The maximum absolute atomic E-state index is 12.2. The summed E-state index contributed by atoms with van der Waals surface area (Å²) in [4.78, 5) is 28.4. The molecule has 1 N–H and O–H groups in total. The quantitative estimate of drug-likeness (QED) is 0.787. The van der Waals surface area contributed by atoms with Crippen LogP contribution in [0.5, 0.6) is 0 Å². The molecule has 0 aromatic heterocycles. The van der Waals surface area contributed by atoms with Crippen LogP contribution in [0.25, 0.3) is 0 Å². The number of piperidine rings is 1. The zero-order valence-electron chi connectivity index (χ0n) is 14.6. The number of ether oxygens (including phenoxy) is 1. The molecule has 0 unspecified atom stereocenters. The van der Waals surface area contributed by atoms with Gasteiger partial charge in [0.1, 0.15) is 0 Å². The fourth-order valence-electron chi connectivity index (χ4n) is 3.37. The van der Waals surface area contributed by atoms with Gasteiger partial charge in [-0.15, -0.1) is 0 Å². The van der Waals surface area contributed by atoms with Gasteiger partial charge in [-0.25, -0.2) is 0 Å². The number of carbonyl (C=O) groups is 2. The van der Waals surface area contributed by atoms with Crippen LogP contribution in [0.3, 0.4) is 0 Å². The third kappa shape index (κ3) is 5.46. The molecule has 0 spiro atoms. The Morgan fingerprint density at radius 3 is 2.43 bits per heavy atom. The Morgan fingerprint density at radius 1 is 1.17 bits per heavy atom. The summed E-state index contributed by atoms with van der Waals surface area (Å²) >= 11 is 0. The molecule has 2 fully saturated rings. The molecule has 2 saturated heterocycles. The number of likely N-dealkylation sites (N-methyl/N-ethyl adjacent to an activating group) is 1. The van der Waals surface area contributed by atoms with Crippen molar-refractivity contribution in [1.82, 2.24) is 15.1 Å². The number of hydrogen-bond donors (Lipinski definition) is 1. The van der Waals surface area contributed by atoms with E-state index >= 15 is 0 Å². The molecule has 2 rings (SSSR count). The van der Waals surface area contributed by atoms with Crippen molar-refractivity contribution in [2.75, 3.05) is 45.9 Å². The average Bonchev–Trinajstić information content (AvgIpc) is 2.58. The molecule has 132 valence electrons. The lowest BCUT2D eigenvalue weighted by atomic mass is 9.99. The van der Waals surface area contributed by atoms with E-state index in [1.165, 1.54) is 0 Å². The molecule has 2 amide bonds. The molecule has 0 aliphatic carbocycles. The summed E-state index contributed by atoms with van der Waals surface area (Å²) < 4.78 is 5.39.